The van der Waals surface area contributed by atoms with Crippen LogP contribution in [0.15, 0.2) is 30.3 Å². The number of amides is 2. The van der Waals surface area contributed by atoms with Gasteiger partial charge in [-0.1, -0.05) is 58.0 Å². The third-order valence-electron chi connectivity index (χ3n) is 6.47. The topological polar surface area (TPSA) is 184 Å². The van der Waals surface area contributed by atoms with Crippen molar-refractivity contribution in [2.45, 2.75) is 97.8 Å². The van der Waals surface area contributed by atoms with Gasteiger partial charge in [-0.25, -0.2) is 14.4 Å². The molecule has 1 aromatic carbocycles. The van der Waals surface area contributed by atoms with Gasteiger partial charge in [-0.3, -0.25) is 14.4 Å². The van der Waals surface area contributed by atoms with Crippen molar-refractivity contribution in [2.75, 3.05) is 7.11 Å². The minimum atomic E-state index is -1.57. The summed E-state index contributed by atoms with van der Waals surface area (Å²) >= 11 is 0. The average molecular weight is 609 g/mol. The number of aliphatic hydroxyl groups excluding tert-OH is 1. The predicted octanol–water partition coefficient (Wildman–Crippen LogP) is 2.21. The predicted molar refractivity (Wildman–Crippen MR) is 153 cm³/mol. The first-order chi connectivity index (χ1) is 20.2. The summed E-state index contributed by atoms with van der Waals surface area (Å²) in [5.41, 5.74) is 0.702. The molecule has 0 saturated carbocycles. The monoisotopic (exact) mass is 608 g/mol. The van der Waals surface area contributed by atoms with Crippen molar-refractivity contribution in [3.05, 3.63) is 35.9 Å². The number of hydrogen-bond acceptors (Lipinski definition) is 11. The molecule has 13 heteroatoms. The zero-order valence-corrected chi connectivity index (χ0v) is 25.8. The summed E-state index contributed by atoms with van der Waals surface area (Å²) in [4.78, 5) is 75.3. The number of hydrogen-bond donors (Lipinski definition) is 3. The van der Waals surface area contributed by atoms with Crippen LogP contribution in [-0.4, -0.2) is 78.3 Å². The van der Waals surface area contributed by atoms with E-state index in [1.54, 1.807) is 44.2 Å². The van der Waals surface area contributed by atoms with E-state index in [9.17, 15) is 33.9 Å². The van der Waals surface area contributed by atoms with Crippen molar-refractivity contribution in [3.63, 3.8) is 0 Å². The van der Waals surface area contributed by atoms with Crippen LogP contribution in [0.4, 0.5) is 4.79 Å². The van der Waals surface area contributed by atoms with Crippen LogP contribution in [0, 0.1) is 11.8 Å². The van der Waals surface area contributed by atoms with Crippen molar-refractivity contribution >= 4 is 35.7 Å². The molecule has 0 aromatic heterocycles. The fraction of sp³-hybridized carbons (Fsp3) is 0.600. The minimum Gasteiger partial charge on any atom is -0.469 e. The van der Waals surface area contributed by atoms with Gasteiger partial charge in [0.05, 0.1) is 19.3 Å². The molecule has 0 radical (unpaired) electrons. The highest BCUT2D eigenvalue weighted by atomic mass is 16.6. The van der Waals surface area contributed by atoms with Crippen molar-refractivity contribution in [2.24, 2.45) is 11.8 Å². The summed E-state index contributed by atoms with van der Waals surface area (Å²) in [7, 11) is 1.15. The van der Waals surface area contributed by atoms with Gasteiger partial charge in [0.15, 0.2) is 24.0 Å². The normalized spacial score (nSPS) is 15.1. The van der Waals surface area contributed by atoms with E-state index in [0.29, 0.717) is 12.0 Å². The third-order valence-corrected chi connectivity index (χ3v) is 6.47. The Kier molecular flexibility index (Phi) is 15.9. The zero-order valence-electron chi connectivity index (χ0n) is 25.8. The summed E-state index contributed by atoms with van der Waals surface area (Å²) in [6.45, 7) is 9.48. The molecule has 0 aliphatic heterocycles. The maximum absolute atomic E-state index is 13.2. The first-order valence-electron chi connectivity index (χ1n) is 14.2. The van der Waals surface area contributed by atoms with Gasteiger partial charge in [-0.15, -0.1) is 0 Å². The Morgan fingerprint density at radius 2 is 1.51 bits per heavy atom. The molecular formula is C30H44N2O11. The number of ether oxygens (including phenoxy) is 4. The molecule has 13 nitrogen and oxygen atoms in total. The lowest BCUT2D eigenvalue weighted by Crippen LogP contribution is -2.51. The van der Waals surface area contributed by atoms with Gasteiger partial charge in [-0.2, -0.15) is 0 Å². The van der Waals surface area contributed by atoms with Gasteiger partial charge < -0.3 is 34.7 Å². The summed E-state index contributed by atoms with van der Waals surface area (Å²) in [5, 5.41) is 14.9. The van der Waals surface area contributed by atoms with E-state index in [2.05, 4.69) is 15.4 Å². The first-order valence-corrected chi connectivity index (χ1v) is 14.2. The second-order valence-electron chi connectivity index (χ2n) is 10.7. The molecule has 0 aliphatic carbocycles. The lowest BCUT2D eigenvalue weighted by Gasteiger charge is -2.27. The fourth-order valence-corrected chi connectivity index (χ4v) is 3.76. The Morgan fingerprint density at radius 1 is 0.884 bits per heavy atom. The van der Waals surface area contributed by atoms with Crippen LogP contribution in [0.2, 0.25) is 0 Å². The van der Waals surface area contributed by atoms with Crippen LogP contribution in [0.1, 0.15) is 66.4 Å². The summed E-state index contributed by atoms with van der Waals surface area (Å²) < 4.78 is 20.2. The van der Waals surface area contributed by atoms with E-state index >= 15 is 0 Å². The third kappa shape index (κ3) is 13.2. The van der Waals surface area contributed by atoms with Gasteiger partial charge in [0.2, 0.25) is 0 Å². The van der Waals surface area contributed by atoms with Crippen molar-refractivity contribution in [3.8, 4) is 0 Å². The van der Waals surface area contributed by atoms with Gasteiger partial charge in [0.1, 0.15) is 13.0 Å². The van der Waals surface area contributed by atoms with E-state index in [-0.39, 0.29) is 18.9 Å². The van der Waals surface area contributed by atoms with Crippen LogP contribution >= 0.6 is 0 Å². The molecule has 2 amide bonds. The van der Waals surface area contributed by atoms with Crippen LogP contribution in [0.3, 0.4) is 0 Å². The van der Waals surface area contributed by atoms with E-state index in [1.807, 2.05) is 13.8 Å². The Balaban J connectivity index is 2.89. The van der Waals surface area contributed by atoms with E-state index < -0.39 is 78.4 Å². The molecule has 0 saturated heterocycles. The Labute approximate surface area is 252 Å². The lowest BCUT2D eigenvalue weighted by atomic mass is 9.96. The number of aliphatic hydroxyl groups is 1. The number of benzene rings is 1. The Bertz CT molecular complexity index is 1090. The number of Topliss-reactive ketones (excluding diaryl/α,β-unsaturated/α-hetero) is 1. The molecular weight excluding hydrogens is 564 g/mol. The molecule has 3 N–H and O–H groups in total. The summed E-state index contributed by atoms with van der Waals surface area (Å²) in [6, 6.07) is 6.20. The highest BCUT2D eigenvalue weighted by Crippen LogP contribution is 2.16. The number of ketones is 1. The molecule has 2 unspecified atom stereocenters. The largest absolute Gasteiger partial charge is 0.469 e. The number of methoxy groups -OCH3 is 1. The van der Waals surface area contributed by atoms with Gasteiger partial charge >= 0.3 is 24.0 Å². The number of alkyl carbamates (subject to hydrolysis) is 1. The molecule has 0 bridgehead atoms. The van der Waals surface area contributed by atoms with Gasteiger partial charge in [-0.05, 0) is 38.2 Å². The average Bonchev–Trinajstić information content (AvgIpc) is 2.96. The van der Waals surface area contributed by atoms with Crippen LogP contribution < -0.4 is 10.6 Å². The van der Waals surface area contributed by atoms with Crippen LogP contribution in [0.25, 0.3) is 0 Å². The summed E-state index contributed by atoms with van der Waals surface area (Å²) in [5.74, 6) is -4.75. The minimum absolute atomic E-state index is 0.0120. The Hall–Kier alpha value is -4.00. The van der Waals surface area contributed by atoms with E-state index in [4.69, 9.17) is 14.2 Å². The molecule has 6 atom stereocenters. The zero-order chi connectivity index (χ0) is 32.7. The molecule has 0 fully saturated rings. The SMILES string of the molecule is CCC(C)[C@H](OC(=O)[C@H](C)OC(=O)[C@@H](NC(=O)OCc1ccccc1)C(C)O)C(=O)N[C@@H](CC(C)C)C(=O)CC(=O)OC. The Morgan fingerprint density at radius 3 is 2.05 bits per heavy atom. The van der Waals surface area contributed by atoms with Crippen molar-refractivity contribution in [1.29, 1.82) is 0 Å². The lowest BCUT2D eigenvalue weighted by molar-refractivity contribution is -0.176. The van der Waals surface area contributed by atoms with E-state index in [0.717, 1.165) is 7.11 Å². The first kappa shape index (κ1) is 37.0. The second kappa shape index (κ2) is 18.5. The molecule has 0 heterocycles. The van der Waals surface area contributed by atoms with Crippen LogP contribution in [0.5, 0.6) is 0 Å². The molecule has 0 aliphatic rings. The number of carbonyl (C=O) groups is 6. The molecule has 1 aromatic rings. The maximum atomic E-state index is 13.2. The fourth-order valence-electron chi connectivity index (χ4n) is 3.76. The summed E-state index contributed by atoms with van der Waals surface area (Å²) in [6.07, 6.45) is -5.15. The molecule has 43 heavy (non-hydrogen) atoms. The van der Waals surface area contributed by atoms with E-state index in [1.165, 1.54) is 13.8 Å². The van der Waals surface area contributed by atoms with Crippen molar-refractivity contribution < 1.29 is 52.8 Å². The maximum Gasteiger partial charge on any atom is 0.408 e. The second-order valence-corrected chi connectivity index (χ2v) is 10.7. The standard InChI is InChI=1S/C30H44N2O11/c1-8-18(4)26(27(36)31-22(14-17(2)3)23(34)15-24(35)40-7)43-28(37)20(6)42-29(38)25(19(5)33)32-30(39)41-16-21-12-10-9-11-13-21/h9-13,17-20,22,25-26,33H,8,14-16H2,1-7H3,(H,31,36)(H,32,39)/t18?,19?,20-,22-,25-,26-/m0/s1. The number of rotatable bonds is 17. The molecule has 240 valence electrons. The quantitative estimate of drug-likeness (QED) is 0.134. The molecule has 0 spiro atoms. The molecule has 1 rings (SSSR count). The van der Waals surface area contributed by atoms with Gasteiger partial charge in [0, 0.05) is 5.92 Å². The smallest absolute Gasteiger partial charge is 0.408 e. The number of esters is 3. The number of nitrogens with one attached hydrogen (secondary N) is 2. The van der Waals surface area contributed by atoms with Crippen LogP contribution in [-0.2, 0) is 49.5 Å². The highest BCUT2D eigenvalue weighted by Gasteiger charge is 2.36. The van der Waals surface area contributed by atoms with Gasteiger partial charge in [0.25, 0.3) is 5.91 Å². The highest BCUT2D eigenvalue weighted by molar-refractivity contribution is 6.00. The van der Waals surface area contributed by atoms with Crippen molar-refractivity contribution in [1.82, 2.24) is 10.6 Å². The number of carbonyl (C=O) groups excluding carboxylic acids is 6.